The molecule has 0 radical (unpaired) electrons. The number of aromatic hydroxyl groups is 1. The number of fused-ring (bicyclic) bond motifs is 1. The Morgan fingerprint density at radius 2 is 1.94 bits per heavy atom. The minimum Gasteiger partial charge on any atom is -0.507 e. The molecule has 33 heavy (non-hydrogen) atoms. The molecule has 3 rings (SSSR count). The Morgan fingerprint density at radius 3 is 2.61 bits per heavy atom. The van der Waals surface area contributed by atoms with Crippen LogP contribution in [0.5, 0.6) is 11.5 Å². The molecule has 7 nitrogen and oxygen atoms in total. The summed E-state index contributed by atoms with van der Waals surface area (Å²) in [4.78, 5) is 30.7. The van der Waals surface area contributed by atoms with Gasteiger partial charge in [0, 0.05) is 50.1 Å². The molecular weight excluding hydrogens is 432 g/mol. The molecule has 0 saturated heterocycles. The highest BCUT2D eigenvalue weighted by Gasteiger charge is 2.29. The van der Waals surface area contributed by atoms with E-state index in [1.807, 2.05) is 37.2 Å². The number of alkyl halides is 2. The molecule has 0 aliphatic carbocycles. The number of phenols is 1. The van der Waals surface area contributed by atoms with Crippen molar-refractivity contribution in [1.82, 2.24) is 9.80 Å². The lowest BCUT2D eigenvalue weighted by Gasteiger charge is -2.20. The zero-order chi connectivity index (χ0) is 24.3. The number of phenolic OH excluding ortho intramolecular Hbond substituents is 1. The molecule has 1 aliphatic heterocycles. The highest BCUT2D eigenvalue weighted by atomic mass is 19.3. The van der Waals surface area contributed by atoms with Crippen molar-refractivity contribution in [1.29, 1.82) is 0 Å². The van der Waals surface area contributed by atoms with Crippen molar-refractivity contribution in [3.8, 4) is 11.5 Å². The first-order chi connectivity index (χ1) is 15.6. The largest absolute Gasteiger partial charge is 0.507 e. The van der Waals surface area contributed by atoms with E-state index >= 15 is 0 Å². The predicted octanol–water partition coefficient (Wildman–Crippen LogP) is 3.54. The van der Waals surface area contributed by atoms with E-state index in [4.69, 9.17) is 0 Å². The molecule has 0 unspecified atom stereocenters. The second kappa shape index (κ2) is 9.99. The van der Waals surface area contributed by atoms with Gasteiger partial charge < -0.3 is 24.5 Å². The molecule has 1 heterocycles. The Balaban J connectivity index is 1.80. The Morgan fingerprint density at radius 1 is 1.21 bits per heavy atom. The summed E-state index contributed by atoms with van der Waals surface area (Å²) >= 11 is 0. The fourth-order valence-corrected chi connectivity index (χ4v) is 3.70. The molecule has 0 saturated carbocycles. The summed E-state index contributed by atoms with van der Waals surface area (Å²) in [5.74, 6) is -1.25. The van der Waals surface area contributed by atoms with Crippen LogP contribution < -0.4 is 9.64 Å². The van der Waals surface area contributed by atoms with Crippen molar-refractivity contribution < 1.29 is 28.2 Å². The molecule has 1 aliphatic rings. The van der Waals surface area contributed by atoms with E-state index in [2.05, 4.69) is 4.74 Å². The zero-order valence-corrected chi connectivity index (χ0v) is 19.0. The Labute approximate surface area is 191 Å². The lowest BCUT2D eigenvalue weighted by molar-refractivity contribution is -0.113. The fraction of sp³-hybridized carbons (Fsp3) is 0.333. The molecule has 176 valence electrons. The van der Waals surface area contributed by atoms with Crippen molar-refractivity contribution in [3.05, 3.63) is 64.7 Å². The van der Waals surface area contributed by atoms with Crippen molar-refractivity contribution in [3.63, 3.8) is 0 Å². The van der Waals surface area contributed by atoms with Crippen molar-refractivity contribution >= 4 is 17.5 Å². The van der Waals surface area contributed by atoms with Crippen LogP contribution in [0.3, 0.4) is 0 Å². The average molecular weight is 459 g/mol. The summed E-state index contributed by atoms with van der Waals surface area (Å²) in [5, 5.41) is 10.3. The number of hydrogen-bond donors (Lipinski definition) is 1. The first kappa shape index (κ1) is 24.2. The van der Waals surface area contributed by atoms with Crippen LogP contribution >= 0.6 is 0 Å². The highest BCUT2D eigenvalue weighted by molar-refractivity contribution is 6.02. The van der Waals surface area contributed by atoms with E-state index in [9.17, 15) is 23.5 Å². The van der Waals surface area contributed by atoms with Gasteiger partial charge in [-0.25, -0.2) is 0 Å². The maximum absolute atomic E-state index is 13.1. The third kappa shape index (κ3) is 5.48. The van der Waals surface area contributed by atoms with Gasteiger partial charge in [-0.15, -0.1) is 0 Å². The topological polar surface area (TPSA) is 73.3 Å². The van der Waals surface area contributed by atoms with Gasteiger partial charge in [-0.1, -0.05) is 18.2 Å². The van der Waals surface area contributed by atoms with E-state index < -0.39 is 18.3 Å². The number of amides is 2. The maximum Gasteiger partial charge on any atom is 0.387 e. The normalized spacial score (nSPS) is 13.2. The van der Waals surface area contributed by atoms with E-state index in [1.54, 1.807) is 13.1 Å². The number of carbonyl (C=O) groups is 2. The number of nitrogens with zero attached hydrogens (tertiary/aromatic N) is 3. The summed E-state index contributed by atoms with van der Waals surface area (Å²) < 4.78 is 29.5. The Hall–Kier alpha value is -3.46. The first-order valence-corrected chi connectivity index (χ1v) is 10.4. The summed E-state index contributed by atoms with van der Waals surface area (Å²) in [6.07, 6.45) is 3.30. The van der Waals surface area contributed by atoms with Gasteiger partial charge in [-0.2, -0.15) is 8.78 Å². The van der Waals surface area contributed by atoms with Gasteiger partial charge >= 0.3 is 6.61 Å². The van der Waals surface area contributed by atoms with Gasteiger partial charge in [0.25, 0.3) is 5.91 Å². The molecule has 1 N–H and O–H groups in total. The van der Waals surface area contributed by atoms with Crippen LogP contribution in [0.4, 0.5) is 14.5 Å². The number of halogens is 2. The van der Waals surface area contributed by atoms with E-state index in [0.717, 1.165) is 17.2 Å². The van der Waals surface area contributed by atoms with E-state index in [1.165, 1.54) is 28.9 Å². The van der Waals surface area contributed by atoms with Crippen LogP contribution in [0.2, 0.25) is 0 Å². The van der Waals surface area contributed by atoms with Gasteiger partial charge in [-0.05, 0) is 44.3 Å². The number of anilines is 1. The predicted molar refractivity (Wildman–Crippen MR) is 121 cm³/mol. The van der Waals surface area contributed by atoms with Gasteiger partial charge in [0.2, 0.25) is 5.91 Å². The smallest absolute Gasteiger partial charge is 0.387 e. The number of rotatable bonds is 7. The quantitative estimate of drug-likeness (QED) is 0.642. The molecular formula is C24H27F2N3O4. The number of hydrogen-bond acceptors (Lipinski definition) is 5. The van der Waals surface area contributed by atoms with Gasteiger partial charge in [0.05, 0.1) is 5.56 Å². The van der Waals surface area contributed by atoms with Gasteiger partial charge in [-0.3, -0.25) is 9.59 Å². The lowest BCUT2D eigenvalue weighted by Crippen LogP contribution is -2.27. The Bertz CT molecular complexity index is 1090. The lowest BCUT2D eigenvalue weighted by atomic mass is 10.1. The van der Waals surface area contributed by atoms with Crippen molar-refractivity contribution in [2.75, 3.05) is 32.6 Å². The van der Waals surface area contributed by atoms with E-state index in [0.29, 0.717) is 24.3 Å². The summed E-state index contributed by atoms with van der Waals surface area (Å²) in [5.41, 5.74) is 2.75. The average Bonchev–Trinajstić information content (AvgIpc) is 3.18. The van der Waals surface area contributed by atoms with Gasteiger partial charge in [0.15, 0.2) is 0 Å². The molecule has 0 bridgehead atoms. The highest BCUT2D eigenvalue weighted by Crippen LogP contribution is 2.35. The summed E-state index contributed by atoms with van der Waals surface area (Å²) in [7, 11) is 5.50. The monoisotopic (exact) mass is 459 g/mol. The summed E-state index contributed by atoms with van der Waals surface area (Å²) in [6, 6.07) is 7.90. The second-order valence-corrected chi connectivity index (χ2v) is 8.15. The second-order valence-electron chi connectivity index (χ2n) is 8.15. The van der Waals surface area contributed by atoms with E-state index in [-0.39, 0.29) is 23.8 Å². The van der Waals surface area contributed by atoms with Crippen LogP contribution in [0.1, 0.15) is 27.0 Å². The Kier molecular flexibility index (Phi) is 7.33. The first-order valence-electron chi connectivity index (χ1n) is 10.4. The third-order valence-electron chi connectivity index (χ3n) is 5.41. The molecule has 2 amide bonds. The van der Waals surface area contributed by atoms with Crippen LogP contribution in [0.15, 0.2) is 42.5 Å². The van der Waals surface area contributed by atoms with Gasteiger partial charge in [0.1, 0.15) is 11.5 Å². The minimum atomic E-state index is -3.03. The summed E-state index contributed by atoms with van der Waals surface area (Å²) in [6.45, 7) is -0.326. The SMILES string of the molecule is Cc1cc(C(=O)N2Cc3cccc(N(C)C(=O)/C=C/CN(C)C)c3C2)c(O)cc1OC(F)F. The minimum absolute atomic E-state index is 0.000442. The molecule has 2 aromatic carbocycles. The van der Waals surface area contributed by atoms with Crippen LogP contribution in [0, 0.1) is 6.92 Å². The number of aryl methyl sites for hydroxylation is 1. The van der Waals surface area contributed by atoms with Crippen LogP contribution in [0.25, 0.3) is 0 Å². The molecule has 9 heteroatoms. The molecule has 0 spiro atoms. The van der Waals surface area contributed by atoms with Crippen molar-refractivity contribution in [2.45, 2.75) is 26.6 Å². The number of likely N-dealkylation sites (N-methyl/N-ethyl adjacent to an activating group) is 2. The standard InChI is InChI=1S/C24H27F2N3O4/c1-15-11-17(20(30)12-21(15)33-24(25)26)23(32)29-13-16-7-5-8-19(18(16)14-29)28(4)22(31)9-6-10-27(2)3/h5-9,11-12,24,30H,10,13-14H2,1-4H3/b9-6+. The molecule has 2 aromatic rings. The fourth-order valence-electron chi connectivity index (χ4n) is 3.70. The van der Waals surface area contributed by atoms with Crippen LogP contribution in [-0.2, 0) is 17.9 Å². The van der Waals surface area contributed by atoms with Crippen molar-refractivity contribution in [2.24, 2.45) is 0 Å². The maximum atomic E-state index is 13.1. The molecule has 0 atom stereocenters. The molecule has 0 fully saturated rings. The number of benzene rings is 2. The zero-order valence-electron chi connectivity index (χ0n) is 19.0. The number of ether oxygens (including phenoxy) is 1. The molecule has 0 aromatic heterocycles. The van der Waals surface area contributed by atoms with Crippen LogP contribution in [-0.4, -0.2) is 61.0 Å². The number of carbonyl (C=O) groups excluding carboxylic acids is 2. The third-order valence-corrected chi connectivity index (χ3v) is 5.41.